The summed E-state index contributed by atoms with van der Waals surface area (Å²) in [7, 11) is 1.58. The van der Waals surface area contributed by atoms with E-state index in [1.54, 1.807) is 37.5 Å². The zero-order valence-electron chi connectivity index (χ0n) is 15.0. The Balaban J connectivity index is 1.57. The molecular weight excluding hydrogens is 342 g/mol. The first-order chi connectivity index (χ1) is 13.2. The van der Waals surface area contributed by atoms with Crippen LogP contribution in [-0.4, -0.2) is 28.8 Å². The van der Waals surface area contributed by atoms with E-state index in [4.69, 9.17) is 0 Å². The predicted molar refractivity (Wildman–Crippen MR) is 103 cm³/mol. The molecular formula is C20H21N5O2. The molecule has 0 aliphatic heterocycles. The third kappa shape index (κ3) is 4.94. The SMILES string of the molecule is CNC(=O)c1ccc(NC(=O)NCc2ccccc2Cn2cccn2)cc1. The van der Waals surface area contributed by atoms with Crippen LogP contribution in [0.25, 0.3) is 0 Å². The van der Waals surface area contributed by atoms with Gasteiger partial charge in [0.05, 0.1) is 6.54 Å². The smallest absolute Gasteiger partial charge is 0.319 e. The van der Waals surface area contributed by atoms with Crippen LogP contribution >= 0.6 is 0 Å². The maximum absolute atomic E-state index is 12.2. The molecule has 2 aromatic carbocycles. The van der Waals surface area contributed by atoms with Crippen LogP contribution in [0.4, 0.5) is 10.5 Å². The van der Waals surface area contributed by atoms with Gasteiger partial charge in [-0.1, -0.05) is 24.3 Å². The second kappa shape index (κ2) is 8.66. The van der Waals surface area contributed by atoms with Gasteiger partial charge in [-0.25, -0.2) is 4.79 Å². The fourth-order valence-electron chi connectivity index (χ4n) is 2.65. The molecule has 0 unspecified atom stereocenters. The Kier molecular flexibility index (Phi) is 5.84. The van der Waals surface area contributed by atoms with Crippen molar-refractivity contribution in [2.75, 3.05) is 12.4 Å². The van der Waals surface area contributed by atoms with Crippen LogP contribution < -0.4 is 16.0 Å². The number of nitrogens with one attached hydrogen (secondary N) is 3. The quantitative estimate of drug-likeness (QED) is 0.629. The molecule has 0 aliphatic carbocycles. The first-order valence-electron chi connectivity index (χ1n) is 8.57. The number of aromatic nitrogens is 2. The van der Waals surface area contributed by atoms with Gasteiger partial charge in [0.15, 0.2) is 0 Å². The molecule has 0 aliphatic rings. The number of carbonyl (C=O) groups is 2. The van der Waals surface area contributed by atoms with E-state index < -0.39 is 0 Å². The molecule has 1 heterocycles. The van der Waals surface area contributed by atoms with Gasteiger partial charge in [-0.3, -0.25) is 9.48 Å². The number of amides is 3. The monoisotopic (exact) mass is 363 g/mol. The molecule has 3 rings (SSSR count). The molecule has 3 N–H and O–H groups in total. The number of nitrogens with zero attached hydrogens (tertiary/aromatic N) is 2. The molecule has 0 fully saturated rings. The van der Waals surface area contributed by atoms with Crippen LogP contribution in [0.3, 0.4) is 0 Å². The van der Waals surface area contributed by atoms with Crippen LogP contribution in [-0.2, 0) is 13.1 Å². The average molecular weight is 363 g/mol. The second-order valence-corrected chi connectivity index (χ2v) is 5.94. The molecule has 27 heavy (non-hydrogen) atoms. The minimum atomic E-state index is -0.309. The summed E-state index contributed by atoms with van der Waals surface area (Å²) in [4.78, 5) is 23.7. The lowest BCUT2D eigenvalue weighted by molar-refractivity contribution is 0.0963. The highest BCUT2D eigenvalue weighted by Crippen LogP contribution is 2.12. The molecule has 3 amide bonds. The molecule has 0 atom stereocenters. The molecule has 1 aromatic heterocycles. The van der Waals surface area contributed by atoms with Crippen molar-refractivity contribution in [2.45, 2.75) is 13.1 Å². The zero-order chi connectivity index (χ0) is 19.1. The zero-order valence-corrected chi connectivity index (χ0v) is 15.0. The van der Waals surface area contributed by atoms with Gasteiger partial charge < -0.3 is 16.0 Å². The van der Waals surface area contributed by atoms with Crippen molar-refractivity contribution >= 4 is 17.6 Å². The summed E-state index contributed by atoms with van der Waals surface area (Å²) in [5.74, 6) is -0.167. The van der Waals surface area contributed by atoms with Gasteiger partial charge in [0.1, 0.15) is 0 Å². The van der Waals surface area contributed by atoms with Gasteiger partial charge in [0.25, 0.3) is 5.91 Å². The third-order valence-electron chi connectivity index (χ3n) is 4.08. The Labute approximate surface area is 157 Å². The lowest BCUT2D eigenvalue weighted by Gasteiger charge is -2.12. The van der Waals surface area contributed by atoms with E-state index in [2.05, 4.69) is 21.0 Å². The Morgan fingerprint density at radius 1 is 1.00 bits per heavy atom. The Bertz CT molecular complexity index is 904. The summed E-state index contributed by atoms with van der Waals surface area (Å²) >= 11 is 0. The summed E-state index contributed by atoms with van der Waals surface area (Å²) < 4.78 is 1.84. The van der Waals surface area contributed by atoms with Crippen LogP contribution in [0.5, 0.6) is 0 Å². The number of hydrogen-bond donors (Lipinski definition) is 3. The van der Waals surface area contributed by atoms with Crippen molar-refractivity contribution in [1.29, 1.82) is 0 Å². The lowest BCUT2D eigenvalue weighted by atomic mass is 10.1. The summed E-state index contributed by atoms with van der Waals surface area (Å²) in [6, 6.07) is 16.2. The van der Waals surface area contributed by atoms with Gasteiger partial charge in [0, 0.05) is 37.2 Å². The lowest BCUT2D eigenvalue weighted by Crippen LogP contribution is -2.28. The summed E-state index contributed by atoms with van der Waals surface area (Å²) in [5.41, 5.74) is 3.27. The minimum Gasteiger partial charge on any atom is -0.355 e. The molecule has 0 saturated heterocycles. The number of rotatable bonds is 6. The number of carbonyl (C=O) groups excluding carboxylic acids is 2. The summed E-state index contributed by atoms with van der Waals surface area (Å²) in [5, 5.41) is 12.4. The Morgan fingerprint density at radius 3 is 2.41 bits per heavy atom. The van der Waals surface area contributed by atoms with Crippen LogP contribution in [0.1, 0.15) is 21.5 Å². The molecule has 7 heteroatoms. The topological polar surface area (TPSA) is 88.0 Å². The first kappa shape index (κ1) is 18.2. The van der Waals surface area contributed by atoms with Crippen molar-refractivity contribution in [2.24, 2.45) is 0 Å². The molecule has 0 saturated carbocycles. The van der Waals surface area contributed by atoms with Crippen LogP contribution in [0.15, 0.2) is 67.0 Å². The highest BCUT2D eigenvalue weighted by atomic mass is 16.2. The van der Waals surface area contributed by atoms with Gasteiger partial charge in [-0.15, -0.1) is 0 Å². The molecule has 7 nitrogen and oxygen atoms in total. The maximum Gasteiger partial charge on any atom is 0.319 e. The van der Waals surface area contributed by atoms with Crippen molar-refractivity contribution in [1.82, 2.24) is 20.4 Å². The highest BCUT2D eigenvalue weighted by Gasteiger charge is 2.07. The third-order valence-corrected chi connectivity index (χ3v) is 4.08. The number of anilines is 1. The molecule has 3 aromatic rings. The van der Waals surface area contributed by atoms with Crippen LogP contribution in [0, 0.1) is 0 Å². The van der Waals surface area contributed by atoms with Crippen LogP contribution in [0.2, 0.25) is 0 Å². The van der Waals surface area contributed by atoms with E-state index in [1.165, 1.54) is 0 Å². The predicted octanol–water partition coefficient (Wildman–Crippen LogP) is 2.61. The largest absolute Gasteiger partial charge is 0.355 e. The van der Waals surface area contributed by atoms with E-state index in [9.17, 15) is 9.59 Å². The van der Waals surface area contributed by atoms with Gasteiger partial charge >= 0.3 is 6.03 Å². The summed E-state index contributed by atoms with van der Waals surface area (Å²) in [6.45, 7) is 1.05. The average Bonchev–Trinajstić information content (AvgIpc) is 3.20. The van der Waals surface area contributed by atoms with Crippen molar-refractivity contribution < 1.29 is 9.59 Å². The Hall–Kier alpha value is -3.61. The molecule has 0 spiro atoms. The standard InChI is InChI=1S/C20H21N5O2/c1-21-19(26)15-7-9-18(10-8-15)24-20(27)22-13-16-5-2-3-6-17(16)14-25-12-4-11-23-25/h2-12H,13-14H2,1H3,(H,21,26)(H2,22,24,27). The number of urea groups is 1. The fourth-order valence-corrected chi connectivity index (χ4v) is 2.65. The summed E-state index contributed by atoms with van der Waals surface area (Å²) in [6.07, 6.45) is 3.64. The van der Waals surface area contributed by atoms with E-state index in [1.807, 2.05) is 41.2 Å². The number of benzene rings is 2. The minimum absolute atomic E-state index is 0.167. The fraction of sp³-hybridized carbons (Fsp3) is 0.150. The Morgan fingerprint density at radius 2 is 1.74 bits per heavy atom. The highest BCUT2D eigenvalue weighted by molar-refractivity contribution is 5.95. The van der Waals surface area contributed by atoms with E-state index in [0.29, 0.717) is 24.3 Å². The first-order valence-corrected chi connectivity index (χ1v) is 8.57. The maximum atomic E-state index is 12.2. The molecule has 0 radical (unpaired) electrons. The van der Waals surface area contributed by atoms with Crippen molar-refractivity contribution in [3.63, 3.8) is 0 Å². The second-order valence-electron chi connectivity index (χ2n) is 5.94. The van der Waals surface area contributed by atoms with Gasteiger partial charge in [-0.2, -0.15) is 5.10 Å². The normalized spacial score (nSPS) is 10.3. The van der Waals surface area contributed by atoms with E-state index in [-0.39, 0.29) is 11.9 Å². The number of hydrogen-bond acceptors (Lipinski definition) is 3. The van der Waals surface area contributed by atoms with E-state index in [0.717, 1.165) is 11.1 Å². The molecule has 138 valence electrons. The van der Waals surface area contributed by atoms with Crippen molar-refractivity contribution in [3.05, 3.63) is 83.7 Å². The van der Waals surface area contributed by atoms with Gasteiger partial charge in [-0.05, 0) is 41.5 Å². The van der Waals surface area contributed by atoms with Crippen molar-refractivity contribution in [3.8, 4) is 0 Å². The van der Waals surface area contributed by atoms with E-state index >= 15 is 0 Å². The van der Waals surface area contributed by atoms with Gasteiger partial charge in [0.2, 0.25) is 0 Å². The molecule has 0 bridgehead atoms.